The smallest absolute Gasteiger partial charge is 0.302 e. The molecule has 5 heteroatoms. The first kappa shape index (κ1) is 10.2. The Hall–Kier alpha value is -0.910. The Balaban J connectivity index is 2.76. The minimum atomic E-state index is -2.24. The van der Waals surface area contributed by atoms with Crippen LogP contribution in [0.2, 0.25) is 0 Å². The molecule has 0 aliphatic carbocycles. The van der Waals surface area contributed by atoms with Gasteiger partial charge in [0.1, 0.15) is 0 Å². The Morgan fingerprint density at radius 2 is 2.31 bits per heavy atom. The first-order valence-electron chi connectivity index (χ1n) is 3.73. The van der Waals surface area contributed by atoms with E-state index in [1.807, 2.05) is 0 Å². The molecule has 0 aliphatic heterocycles. The number of hydrogen-bond donors (Lipinski definition) is 2. The highest BCUT2D eigenvalue weighted by Crippen LogP contribution is 2.19. The van der Waals surface area contributed by atoms with Gasteiger partial charge < -0.3 is 5.73 Å². The van der Waals surface area contributed by atoms with Crippen LogP contribution in [0.25, 0.3) is 0 Å². The molecule has 1 aromatic carbocycles. The maximum Gasteiger partial charge on any atom is 0.302 e. The lowest BCUT2D eigenvalue weighted by Gasteiger charge is -2.09. The van der Waals surface area contributed by atoms with Gasteiger partial charge >= 0.3 is 11.4 Å². The van der Waals surface area contributed by atoms with Crippen molar-refractivity contribution in [1.29, 1.82) is 0 Å². The van der Waals surface area contributed by atoms with Gasteiger partial charge in [0.25, 0.3) is 0 Å². The standard InChI is InChI=1S/C8H11NO3S/c1-6(12-13(10)11)7-3-2-4-8(9)5-7/h2-6H,9H2,1H3,(H,10,11). The maximum absolute atomic E-state index is 10.3. The molecule has 0 saturated heterocycles. The molecule has 2 atom stereocenters. The first-order valence-corrected chi connectivity index (χ1v) is 4.76. The minimum Gasteiger partial charge on any atom is -0.399 e. The predicted octanol–water partition coefficient (Wildman–Crippen LogP) is 1.48. The Kier molecular flexibility index (Phi) is 3.41. The van der Waals surface area contributed by atoms with Crippen LogP contribution in [0.5, 0.6) is 0 Å². The van der Waals surface area contributed by atoms with Gasteiger partial charge in [-0.25, -0.2) is 0 Å². The number of anilines is 1. The molecule has 3 N–H and O–H groups in total. The van der Waals surface area contributed by atoms with Crippen LogP contribution in [-0.2, 0) is 15.5 Å². The molecule has 0 aliphatic rings. The van der Waals surface area contributed by atoms with Gasteiger partial charge in [0.2, 0.25) is 0 Å². The summed E-state index contributed by atoms with van der Waals surface area (Å²) >= 11 is -2.24. The Labute approximate surface area is 79.2 Å². The fraction of sp³-hybridized carbons (Fsp3) is 0.250. The molecule has 0 radical (unpaired) electrons. The van der Waals surface area contributed by atoms with Crippen molar-refractivity contribution < 1.29 is 12.9 Å². The van der Waals surface area contributed by atoms with Gasteiger partial charge in [-0.05, 0) is 24.6 Å². The number of benzene rings is 1. The second kappa shape index (κ2) is 4.36. The SMILES string of the molecule is CC(OS(=O)O)c1cccc(N)c1. The molecular weight excluding hydrogens is 190 g/mol. The number of nitrogen functional groups attached to an aromatic ring is 1. The van der Waals surface area contributed by atoms with Crippen molar-refractivity contribution in [3.05, 3.63) is 29.8 Å². The molecule has 72 valence electrons. The van der Waals surface area contributed by atoms with Crippen molar-refractivity contribution in [1.82, 2.24) is 0 Å². The second-order valence-electron chi connectivity index (χ2n) is 2.63. The summed E-state index contributed by atoms with van der Waals surface area (Å²) in [6.45, 7) is 1.68. The monoisotopic (exact) mass is 201 g/mol. The van der Waals surface area contributed by atoms with Crippen LogP contribution in [0.15, 0.2) is 24.3 Å². The zero-order valence-corrected chi connectivity index (χ0v) is 7.95. The van der Waals surface area contributed by atoms with E-state index in [4.69, 9.17) is 10.3 Å². The molecule has 0 aromatic heterocycles. The van der Waals surface area contributed by atoms with Gasteiger partial charge in [0.05, 0.1) is 6.10 Å². The molecule has 0 bridgehead atoms. The highest BCUT2D eigenvalue weighted by Gasteiger charge is 2.08. The van der Waals surface area contributed by atoms with E-state index in [0.29, 0.717) is 5.69 Å². The summed E-state index contributed by atoms with van der Waals surface area (Å²) in [5.74, 6) is 0. The van der Waals surface area contributed by atoms with Gasteiger partial charge in [-0.1, -0.05) is 12.1 Å². The van der Waals surface area contributed by atoms with Gasteiger partial charge in [-0.3, -0.25) is 8.74 Å². The predicted molar refractivity (Wildman–Crippen MR) is 51.1 cm³/mol. The van der Waals surface area contributed by atoms with Crippen LogP contribution in [0, 0.1) is 0 Å². The van der Waals surface area contributed by atoms with Crippen LogP contribution in [0.1, 0.15) is 18.6 Å². The fourth-order valence-corrected chi connectivity index (χ4v) is 1.35. The maximum atomic E-state index is 10.3. The van der Waals surface area contributed by atoms with Gasteiger partial charge in [0, 0.05) is 5.69 Å². The van der Waals surface area contributed by atoms with E-state index >= 15 is 0 Å². The van der Waals surface area contributed by atoms with E-state index < -0.39 is 17.5 Å². The quantitative estimate of drug-likeness (QED) is 0.574. The zero-order chi connectivity index (χ0) is 9.84. The lowest BCUT2D eigenvalue weighted by Crippen LogP contribution is -2.02. The third-order valence-electron chi connectivity index (χ3n) is 1.61. The number of hydrogen-bond acceptors (Lipinski definition) is 3. The largest absolute Gasteiger partial charge is 0.399 e. The Bertz CT molecular complexity index is 316. The second-order valence-corrected chi connectivity index (χ2v) is 3.25. The van der Waals surface area contributed by atoms with Gasteiger partial charge in [0.15, 0.2) is 0 Å². The van der Waals surface area contributed by atoms with Crippen LogP contribution < -0.4 is 5.73 Å². The summed E-state index contributed by atoms with van der Waals surface area (Å²) in [5.41, 5.74) is 6.92. The van der Waals surface area contributed by atoms with Crippen LogP contribution in [0.4, 0.5) is 5.69 Å². The lowest BCUT2D eigenvalue weighted by atomic mass is 10.1. The summed E-state index contributed by atoms with van der Waals surface area (Å²) in [6.07, 6.45) is -0.436. The summed E-state index contributed by atoms with van der Waals surface area (Å²) in [6, 6.07) is 7.00. The average molecular weight is 201 g/mol. The summed E-state index contributed by atoms with van der Waals surface area (Å²) < 4.78 is 23.5. The van der Waals surface area contributed by atoms with E-state index in [9.17, 15) is 4.21 Å². The van der Waals surface area contributed by atoms with E-state index in [-0.39, 0.29) is 0 Å². The van der Waals surface area contributed by atoms with Gasteiger partial charge in [-0.15, -0.1) is 0 Å². The third-order valence-corrected chi connectivity index (χ3v) is 2.06. The molecule has 0 spiro atoms. The van der Waals surface area contributed by atoms with E-state index in [1.165, 1.54) is 0 Å². The molecule has 2 unspecified atom stereocenters. The molecule has 0 fully saturated rings. The molecule has 0 heterocycles. The van der Waals surface area contributed by atoms with Crippen LogP contribution in [0.3, 0.4) is 0 Å². The Morgan fingerprint density at radius 1 is 1.62 bits per heavy atom. The average Bonchev–Trinajstić information content (AvgIpc) is 2.03. The van der Waals surface area contributed by atoms with Crippen LogP contribution in [-0.4, -0.2) is 8.76 Å². The van der Waals surface area contributed by atoms with Crippen molar-refractivity contribution in [3.8, 4) is 0 Å². The molecule has 0 amide bonds. The zero-order valence-electron chi connectivity index (χ0n) is 7.14. The van der Waals surface area contributed by atoms with Crippen molar-refractivity contribution >= 4 is 17.0 Å². The molecule has 13 heavy (non-hydrogen) atoms. The van der Waals surface area contributed by atoms with E-state index in [1.54, 1.807) is 31.2 Å². The highest BCUT2D eigenvalue weighted by atomic mass is 32.2. The molecule has 1 aromatic rings. The summed E-state index contributed by atoms with van der Waals surface area (Å²) in [4.78, 5) is 0. The molecular formula is C8H11NO3S. The van der Waals surface area contributed by atoms with Crippen molar-refractivity contribution in [2.24, 2.45) is 0 Å². The van der Waals surface area contributed by atoms with Crippen LogP contribution >= 0.6 is 0 Å². The number of rotatable bonds is 3. The fourth-order valence-electron chi connectivity index (χ4n) is 0.991. The first-order chi connectivity index (χ1) is 6.09. The minimum absolute atomic E-state index is 0.436. The van der Waals surface area contributed by atoms with E-state index in [2.05, 4.69) is 4.18 Å². The van der Waals surface area contributed by atoms with Crippen molar-refractivity contribution in [2.45, 2.75) is 13.0 Å². The van der Waals surface area contributed by atoms with E-state index in [0.717, 1.165) is 5.56 Å². The summed E-state index contributed by atoms with van der Waals surface area (Å²) in [7, 11) is 0. The van der Waals surface area contributed by atoms with Crippen molar-refractivity contribution in [3.63, 3.8) is 0 Å². The normalized spacial score (nSPS) is 15.2. The third kappa shape index (κ3) is 3.14. The highest BCUT2D eigenvalue weighted by molar-refractivity contribution is 7.74. The van der Waals surface area contributed by atoms with Crippen molar-refractivity contribution in [2.75, 3.05) is 5.73 Å². The molecule has 0 saturated carbocycles. The molecule has 4 nitrogen and oxygen atoms in total. The molecule has 1 rings (SSSR count). The Morgan fingerprint density at radius 3 is 2.85 bits per heavy atom. The number of nitrogens with two attached hydrogens (primary N) is 1. The lowest BCUT2D eigenvalue weighted by molar-refractivity contribution is 0.227. The van der Waals surface area contributed by atoms with Gasteiger partial charge in [-0.2, -0.15) is 4.21 Å². The topological polar surface area (TPSA) is 72.5 Å². The summed E-state index contributed by atoms with van der Waals surface area (Å²) in [5, 5.41) is 0.